The Balaban J connectivity index is 1.58. The van der Waals surface area contributed by atoms with E-state index >= 15 is 0 Å². The van der Waals surface area contributed by atoms with Crippen molar-refractivity contribution in [1.29, 1.82) is 0 Å². The van der Waals surface area contributed by atoms with Gasteiger partial charge in [-0.3, -0.25) is 19.9 Å². The highest BCUT2D eigenvalue weighted by molar-refractivity contribution is 6.10. The van der Waals surface area contributed by atoms with Gasteiger partial charge in [0.2, 0.25) is 5.91 Å². The zero-order valence-corrected chi connectivity index (χ0v) is 25.0. The minimum Gasteiger partial charge on any atom is -0.451 e. The summed E-state index contributed by atoms with van der Waals surface area (Å²) in [5.41, 5.74) is 6.25. The first-order chi connectivity index (χ1) is 20.7. The molecule has 0 aliphatic carbocycles. The molecule has 5 rings (SSSR count). The monoisotopic (exact) mass is 579 g/mol. The molecule has 1 fully saturated rings. The number of hydrazine groups is 1. The summed E-state index contributed by atoms with van der Waals surface area (Å²) in [6, 6.07) is 26.1. The van der Waals surface area contributed by atoms with Gasteiger partial charge >= 0.3 is 6.09 Å². The number of fused-ring (bicyclic) bond motifs is 1. The van der Waals surface area contributed by atoms with Gasteiger partial charge in [0.05, 0.1) is 29.6 Å². The molecule has 1 aliphatic heterocycles. The Morgan fingerprint density at radius 3 is 2.09 bits per heavy atom. The summed E-state index contributed by atoms with van der Waals surface area (Å²) in [5.74, 6) is -0.324. The summed E-state index contributed by atoms with van der Waals surface area (Å²) >= 11 is 0. The third-order valence-corrected chi connectivity index (χ3v) is 7.54. The lowest BCUT2D eigenvalue weighted by Crippen LogP contribution is -2.51. The molecule has 0 saturated carbocycles. The van der Waals surface area contributed by atoms with Crippen molar-refractivity contribution in [2.45, 2.75) is 27.3 Å². The molecule has 2 heterocycles. The number of hydrogen-bond donors (Lipinski definition) is 1. The van der Waals surface area contributed by atoms with Gasteiger partial charge in [-0.05, 0) is 18.2 Å². The number of amides is 3. The van der Waals surface area contributed by atoms with Crippen LogP contribution in [0.5, 0.6) is 0 Å². The summed E-state index contributed by atoms with van der Waals surface area (Å²) in [6.07, 6.45) is -0.720. The predicted octanol–water partition coefficient (Wildman–Crippen LogP) is 5.51. The summed E-state index contributed by atoms with van der Waals surface area (Å²) in [6.45, 7) is 8.76. The standard InChI is InChI=1S/C34H37N5O4/c1-34(2,3)32(41)38-21-19-37(20-22-38)23-27-29(31(40)36-39(33(42)43-4)25-15-9-6-10-16-25)26-17-11-12-18-28(26)35-30(27)24-13-7-5-8-14-24/h5-18H,19-23H2,1-4H3,(H,36,40). The van der Waals surface area contributed by atoms with Gasteiger partial charge in [0.1, 0.15) is 0 Å². The number of para-hydroxylation sites is 2. The van der Waals surface area contributed by atoms with Crippen LogP contribution in [0.15, 0.2) is 84.9 Å². The van der Waals surface area contributed by atoms with Crippen molar-refractivity contribution < 1.29 is 19.1 Å². The molecule has 0 bridgehead atoms. The summed E-state index contributed by atoms with van der Waals surface area (Å²) < 4.78 is 5.01. The zero-order valence-electron chi connectivity index (χ0n) is 25.0. The van der Waals surface area contributed by atoms with E-state index in [-0.39, 0.29) is 5.91 Å². The van der Waals surface area contributed by atoms with E-state index in [9.17, 15) is 14.4 Å². The maximum atomic E-state index is 14.3. The average Bonchev–Trinajstić information content (AvgIpc) is 3.03. The van der Waals surface area contributed by atoms with Crippen molar-refractivity contribution in [2.24, 2.45) is 5.41 Å². The number of aromatic nitrogens is 1. The van der Waals surface area contributed by atoms with Crippen LogP contribution in [0.1, 0.15) is 36.7 Å². The topological polar surface area (TPSA) is 95.1 Å². The van der Waals surface area contributed by atoms with Gasteiger partial charge in [-0.1, -0.05) is 87.5 Å². The van der Waals surface area contributed by atoms with Gasteiger partial charge in [-0.15, -0.1) is 0 Å². The van der Waals surface area contributed by atoms with Crippen molar-refractivity contribution in [2.75, 3.05) is 38.3 Å². The average molecular weight is 580 g/mol. The Morgan fingerprint density at radius 1 is 0.860 bits per heavy atom. The molecule has 4 aromatic rings. The van der Waals surface area contributed by atoms with Crippen LogP contribution in [0.25, 0.3) is 22.2 Å². The van der Waals surface area contributed by atoms with Crippen LogP contribution in [0.3, 0.4) is 0 Å². The Kier molecular flexibility index (Phi) is 8.73. The van der Waals surface area contributed by atoms with Gasteiger partial charge in [0.25, 0.3) is 5.91 Å². The Morgan fingerprint density at radius 2 is 1.47 bits per heavy atom. The van der Waals surface area contributed by atoms with E-state index in [1.165, 1.54) is 7.11 Å². The maximum absolute atomic E-state index is 14.3. The molecule has 9 heteroatoms. The minimum absolute atomic E-state index is 0.133. The molecule has 222 valence electrons. The Hall–Kier alpha value is -4.76. The van der Waals surface area contributed by atoms with E-state index < -0.39 is 17.4 Å². The highest BCUT2D eigenvalue weighted by Gasteiger charge is 2.31. The van der Waals surface area contributed by atoms with Crippen molar-refractivity contribution in [3.05, 3.63) is 96.1 Å². The number of carbonyl (C=O) groups excluding carboxylic acids is 3. The molecule has 3 aromatic carbocycles. The lowest BCUT2D eigenvalue weighted by atomic mass is 9.94. The second-order valence-electron chi connectivity index (χ2n) is 11.6. The fraction of sp³-hybridized carbons (Fsp3) is 0.294. The predicted molar refractivity (Wildman–Crippen MR) is 167 cm³/mol. The molecule has 43 heavy (non-hydrogen) atoms. The first kappa shape index (κ1) is 29.7. The van der Waals surface area contributed by atoms with Crippen LogP contribution < -0.4 is 10.4 Å². The Bertz CT molecular complexity index is 1610. The molecule has 1 aliphatic rings. The third-order valence-electron chi connectivity index (χ3n) is 7.54. The molecule has 1 N–H and O–H groups in total. The van der Waals surface area contributed by atoms with Gasteiger partial charge in [0.15, 0.2) is 0 Å². The van der Waals surface area contributed by atoms with Crippen LogP contribution in [0.4, 0.5) is 10.5 Å². The number of nitrogens with zero attached hydrogens (tertiary/aromatic N) is 4. The smallest absolute Gasteiger partial charge is 0.433 e. The molecule has 9 nitrogen and oxygen atoms in total. The number of anilines is 1. The quantitative estimate of drug-likeness (QED) is 0.314. The number of ether oxygens (including phenoxy) is 1. The second-order valence-corrected chi connectivity index (χ2v) is 11.6. The SMILES string of the molecule is COC(=O)N(NC(=O)c1c(CN2CCN(C(=O)C(C)(C)C)CC2)c(-c2ccccc2)nc2ccccc12)c1ccccc1. The number of benzene rings is 3. The molecule has 1 saturated heterocycles. The van der Waals surface area contributed by atoms with Crippen LogP contribution >= 0.6 is 0 Å². The lowest BCUT2D eigenvalue weighted by Gasteiger charge is -2.38. The van der Waals surface area contributed by atoms with Gasteiger partial charge in [-0.2, -0.15) is 5.01 Å². The van der Waals surface area contributed by atoms with E-state index in [1.807, 2.05) is 86.3 Å². The lowest BCUT2D eigenvalue weighted by molar-refractivity contribution is -0.141. The maximum Gasteiger partial charge on any atom is 0.433 e. The molecule has 0 atom stereocenters. The minimum atomic E-state index is -0.720. The molecule has 0 radical (unpaired) electrons. The highest BCUT2D eigenvalue weighted by Crippen LogP contribution is 2.32. The first-order valence-electron chi connectivity index (χ1n) is 14.4. The van der Waals surface area contributed by atoms with Crippen LogP contribution in [-0.4, -0.2) is 66.0 Å². The molecule has 0 unspecified atom stereocenters. The van der Waals surface area contributed by atoms with E-state index in [1.54, 1.807) is 24.3 Å². The zero-order chi connectivity index (χ0) is 30.6. The van der Waals surface area contributed by atoms with Crippen LogP contribution in [0, 0.1) is 5.41 Å². The Labute approximate surface area is 252 Å². The normalized spacial score (nSPS) is 13.9. The fourth-order valence-electron chi connectivity index (χ4n) is 5.35. The second kappa shape index (κ2) is 12.6. The molecule has 1 aromatic heterocycles. The number of piperazine rings is 1. The van der Waals surface area contributed by atoms with E-state index in [2.05, 4.69) is 10.3 Å². The highest BCUT2D eigenvalue weighted by atomic mass is 16.5. The number of nitrogens with one attached hydrogen (secondary N) is 1. The largest absolute Gasteiger partial charge is 0.451 e. The molecule has 3 amide bonds. The van der Waals surface area contributed by atoms with E-state index in [0.717, 1.165) is 16.1 Å². The van der Waals surface area contributed by atoms with Gasteiger partial charge in [0, 0.05) is 54.7 Å². The summed E-state index contributed by atoms with van der Waals surface area (Å²) in [4.78, 5) is 49.2. The fourth-order valence-corrected chi connectivity index (χ4v) is 5.35. The van der Waals surface area contributed by atoms with Crippen molar-refractivity contribution in [3.63, 3.8) is 0 Å². The van der Waals surface area contributed by atoms with Gasteiger partial charge < -0.3 is 9.64 Å². The number of carbonyl (C=O) groups is 3. The van der Waals surface area contributed by atoms with Crippen molar-refractivity contribution in [3.8, 4) is 11.3 Å². The number of rotatable bonds is 5. The number of hydrogen-bond acceptors (Lipinski definition) is 6. The van der Waals surface area contributed by atoms with E-state index in [0.29, 0.717) is 60.6 Å². The van der Waals surface area contributed by atoms with Crippen LogP contribution in [-0.2, 0) is 16.1 Å². The summed E-state index contributed by atoms with van der Waals surface area (Å²) in [7, 11) is 1.27. The van der Waals surface area contributed by atoms with Crippen molar-refractivity contribution in [1.82, 2.24) is 20.2 Å². The molecular formula is C34H37N5O4. The van der Waals surface area contributed by atoms with Crippen LogP contribution in [0.2, 0.25) is 0 Å². The molecular weight excluding hydrogens is 542 g/mol. The number of methoxy groups -OCH3 is 1. The van der Waals surface area contributed by atoms with E-state index in [4.69, 9.17) is 9.72 Å². The van der Waals surface area contributed by atoms with Crippen molar-refractivity contribution >= 4 is 34.5 Å². The van der Waals surface area contributed by atoms with Gasteiger partial charge in [-0.25, -0.2) is 9.78 Å². The summed E-state index contributed by atoms with van der Waals surface area (Å²) in [5, 5.41) is 1.79. The first-order valence-corrected chi connectivity index (χ1v) is 14.4. The number of pyridine rings is 1. The molecule has 0 spiro atoms. The third kappa shape index (κ3) is 6.52.